The van der Waals surface area contributed by atoms with E-state index >= 15 is 0 Å². The van der Waals surface area contributed by atoms with E-state index in [1.807, 2.05) is 0 Å². The molecule has 1 aromatic rings. The van der Waals surface area contributed by atoms with E-state index in [9.17, 15) is 9.59 Å². The third-order valence-electron chi connectivity index (χ3n) is 3.31. The van der Waals surface area contributed by atoms with Crippen LogP contribution in [0.3, 0.4) is 0 Å². The molecule has 19 heavy (non-hydrogen) atoms. The van der Waals surface area contributed by atoms with Crippen LogP contribution in [0, 0.1) is 6.92 Å². The van der Waals surface area contributed by atoms with Crippen molar-refractivity contribution >= 4 is 12.0 Å². The molecule has 104 valence electrons. The molecule has 0 aromatic carbocycles. The Morgan fingerprint density at radius 1 is 1.42 bits per heavy atom. The molecule has 6 nitrogen and oxygen atoms in total. The number of aromatic carboxylic acids is 1. The molecule has 1 aromatic heterocycles. The van der Waals surface area contributed by atoms with Crippen LogP contribution in [0.1, 0.15) is 47.6 Å². The Morgan fingerprint density at radius 3 is 2.68 bits per heavy atom. The third-order valence-corrected chi connectivity index (χ3v) is 3.31. The molecule has 0 saturated heterocycles. The summed E-state index contributed by atoms with van der Waals surface area (Å²) in [5, 5.41) is 14.4. The molecule has 0 aliphatic heterocycles. The van der Waals surface area contributed by atoms with Gasteiger partial charge in [0.1, 0.15) is 17.1 Å². The number of hydrogen-bond donors (Lipinski definition) is 3. The smallest absolute Gasteiger partial charge is 0.339 e. The third kappa shape index (κ3) is 3.49. The fraction of sp³-hybridized carbons (Fsp3) is 0.538. The van der Waals surface area contributed by atoms with Crippen molar-refractivity contribution in [2.75, 3.05) is 0 Å². The SMILES string of the molecule is Cc1oc(CNC(=O)NC2CCCC2)cc1C(=O)O. The monoisotopic (exact) mass is 266 g/mol. The van der Waals surface area contributed by atoms with Gasteiger partial charge in [-0.2, -0.15) is 0 Å². The maximum absolute atomic E-state index is 11.6. The second-order valence-electron chi connectivity index (χ2n) is 4.80. The first kappa shape index (κ1) is 13.5. The van der Waals surface area contributed by atoms with E-state index < -0.39 is 5.97 Å². The van der Waals surface area contributed by atoms with Crippen molar-refractivity contribution in [2.45, 2.75) is 45.2 Å². The first-order valence-electron chi connectivity index (χ1n) is 6.43. The van der Waals surface area contributed by atoms with Gasteiger partial charge in [-0.05, 0) is 25.8 Å². The highest BCUT2D eigenvalue weighted by Crippen LogP contribution is 2.17. The van der Waals surface area contributed by atoms with Crippen LogP contribution < -0.4 is 10.6 Å². The molecule has 0 bridgehead atoms. The first-order chi connectivity index (χ1) is 9.06. The standard InChI is InChI=1S/C13H18N2O4/c1-8-11(12(16)17)6-10(19-8)7-14-13(18)15-9-4-2-3-5-9/h6,9H,2-5,7H2,1H3,(H,16,17)(H2,14,15,18). The Labute approximate surface area is 111 Å². The Hall–Kier alpha value is -1.98. The number of carboxylic acid groups (broad SMARTS) is 1. The van der Waals surface area contributed by atoms with Crippen molar-refractivity contribution in [3.8, 4) is 0 Å². The van der Waals surface area contributed by atoms with Crippen LogP contribution in [0.2, 0.25) is 0 Å². The maximum Gasteiger partial charge on any atom is 0.339 e. The van der Waals surface area contributed by atoms with E-state index in [0.717, 1.165) is 25.7 Å². The average Bonchev–Trinajstić information content (AvgIpc) is 2.96. The molecule has 0 spiro atoms. The van der Waals surface area contributed by atoms with E-state index in [2.05, 4.69) is 10.6 Å². The molecule has 2 rings (SSSR count). The minimum atomic E-state index is -1.03. The van der Waals surface area contributed by atoms with Crippen LogP contribution in [-0.4, -0.2) is 23.1 Å². The number of furan rings is 1. The molecule has 1 aliphatic carbocycles. The van der Waals surface area contributed by atoms with Gasteiger partial charge in [0.15, 0.2) is 0 Å². The number of urea groups is 1. The lowest BCUT2D eigenvalue weighted by Crippen LogP contribution is -2.40. The molecular formula is C13H18N2O4. The van der Waals surface area contributed by atoms with Crippen molar-refractivity contribution < 1.29 is 19.1 Å². The number of amides is 2. The number of hydrogen-bond acceptors (Lipinski definition) is 3. The topological polar surface area (TPSA) is 91.6 Å². The van der Waals surface area contributed by atoms with E-state index in [-0.39, 0.29) is 24.2 Å². The lowest BCUT2D eigenvalue weighted by Gasteiger charge is -2.12. The zero-order valence-electron chi connectivity index (χ0n) is 10.9. The molecule has 1 fully saturated rings. The summed E-state index contributed by atoms with van der Waals surface area (Å²) in [6.45, 7) is 1.78. The van der Waals surface area contributed by atoms with Crippen LogP contribution in [0.4, 0.5) is 4.79 Å². The van der Waals surface area contributed by atoms with Crippen LogP contribution >= 0.6 is 0 Å². The summed E-state index contributed by atoms with van der Waals surface area (Å²) < 4.78 is 5.27. The lowest BCUT2D eigenvalue weighted by atomic mass is 10.2. The molecule has 0 unspecified atom stereocenters. The van der Waals surface area contributed by atoms with Crippen molar-refractivity contribution in [1.29, 1.82) is 0 Å². The summed E-state index contributed by atoms with van der Waals surface area (Å²) in [4.78, 5) is 22.5. The predicted octanol–water partition coefficient (Wildman–Crippen LogP) is 2.03. The summed E-state index contributed by atoms with van der Waals surface area (Å²) in [5.74, 6) is -0.236. The quantitative estimate of drug-likeness (QED) is 0.777. The zero-order chi connectivity index (χ0) is 13.8. The van der Waals surface area contributed by atoms with E-state index in [1.165, 1.54) is 6.07 Å². The minimum Gasteiger partial charge on any atom is -0.478 e. The molecule has 1 saturated carbocycles. The normalized spacial score (nSPS) is 15.4. The second kappa shape index (κ2) is 5.77. The first-order valence-corrected chi connectivity index (χ1v) is 6.43. The van der Waals surface area contributed by atoms with Gasteiger partial charge in [0.25, 0.3) is 0 Å². The fourth-order valence-corrected chi connectivity index (χ4v) is 2.32. The Kier molecular flexibility index (Phi) is 4.09. The van der Waals surface area contributed by atoms with Crippen molar-refractivity contribution in [2.24, 2.45) is 0 Å². The van der Waals surface area contributed by atoms with Gasteiger partial charge in [-0.15, -0.1) is 0 Å². The van der Waals surface area contributed by atoms with Gasteiger partial charge < -0.3 is 20.2 Å². The molecule has 3 N–H and O–H groups in total. The number of rotatable bonds is 4. The number of aryl methyl sites for hydroxylation is 1. The maximum atomic E-state index is 11.6. The Balaban J connectivity index is 1.82. The van der Waals surface area contributed by atoms with Gasteiger partial charge in [0.2, 0.25) is 0 Å². The number of carbonyl (C=O) groups is 2. The highest BCUT2D eigenvalue weighted by Gasteiger charge is 2.18. The Bertz CT molecular complexity index is 475. The molecule has 1 aliphatic rings. The predicted molar refractivity (Wildman–Crippen MR) is 68.0 cm³/mol. The van der Waals surface area contributed by atoms with Crippen molar-refractivity contribution in [3.05, 3.63) is 23.2 Å². The molecule has 0 atom stereocenters. The van der Waals surface area contributed by atoms with Gasteiger partial charge in [-0.3, -0.25) is 0 Å². The van der Waals surface area contributed by atoms with E-state index in [0.29, 0.717) is 11.5 Å². The molecule has 0 radical (unpaired) electrons. The van der Waals surface area contributed by atoms with Crippen LogP contribution in [0.5, 0.6) is 0 Å². The van der Waals surface area contributed by atoms with Gasteiger partial charge in [0.05, 0.1) is 6.54 Å². The average molecular weight is 266 g/mol. The highest BCUT2D eigenvalue weighted by atomic mass is 16.4. The summed E-state index contributed by atoms with van der Waals surface area (Å²) >= 11 is 0. The molecule has 1 heterocycles. The van der Waals surface area contributed by atoms with Gasteiger partial charge >= 0.3 is 12.0 Å². The molecule has 2 amide bonds. The summed E-state index contributed by atoms with van der Waals surface area (Å²) in [6, 6.07) is 1.46. The van der Waals surface area contributed by atoms with Gasteiger partial charge in [-0.25, -0.2) is 9.59 Å². The highest BCUT2D eigenvalue weighted by molar-refractivity contribution is 5.88. The number of carboxylic acids is 1. The number of nitrogens with one attached hydrogen (secondary N) is 2. The lowest BCUT2D eigenvalue weighted by molar-refractivity contribution is 0.0695. The minimum absolute atomic E-state index is 0.132. The summed E-state index contributed by atoms with van der Waals surface area (Å²) in [6.07, 6.45) is 4.36. The van der Waals surface area contributed by atoms with Crippen molar-refractivity contribution in [3.63, 3.8) is 0 Å². The second-order valence-corrected chi connectivity index (χ2v) is 4.80. The van der Waals surface area contributed by atoms with Crippen LogP contribution in [0.25, 0.3) is 0 Å². The van der Waals surface area contributed by atoms with Crippen LogP contribution in [-0.2, 0) is 6.54 Å². The van der Waals surface area contributed by atoms with Crippen LogP contribution in [0.15, 0.2) is 10.5 Å². The summed E-state index contributed by atoms with van der Waals surface area (Å²) in [7, 11) is 0. The summed E-state index contributed by atoms with van der Waals surface area (Å²) in [5.41, 5.74) is 0.132. The molecule has 6 heteroatoms. The van der Waals surface area contributed by atoms with E-state index in [4.69, 9.17) is 9.52 Å². The number of carbonyl (C=O) groups excluding carboxylic acids is 1. The fourth-order valence-electron chi connectivity index (χ4n) is 2.32. The zero-order valence-corrected chi connectivity index (χ0v) is 10.9. The largest absolute Gasteiger partial charge is 0.478 e. The van der Waals surface area contributed by atoms with E-state index in [1.54, 1.807) is 6.92 Å². The molecular weight excluding hydrogens is 248 g/mol. The van der Waals surface area contributed by atoms with Crippen molar-refractivity contribution in [1.82, 2.24) is 10.6 Å². The van der Waals surface area contributed by atoms with Gasteiger partial charge in [0, 0.05) is 6.04 Å². The van der Waals surface area contributed by atoms with Gasteiger partial charge in [-0.1, -0.05) is 12.8 Å². The Morgan fingerprint density at radius 2 is 2.11 bits per heavy atom.